The van der Waals surface area contributed by atoms with Crippen molar-refractivity contribution >= 4 is 17.9 Å². The first-order valence-corrected chi connectivity index (χ1v) is 34.5. The largest absolute Gasteiger partial charge is 0.462 e. The van der Waals surface area contributed by atoms with Crippen molar-refractivity contribution in [1.29, 1.82) is 0 Å². The summed E-state index contributed by atoms with van der Waals surface area (Å²) in [5.74, 6) is -0.961. The number of rotatable bonds is 62. The molecule has 0 aromatic heterocycles. The number of hydrogen-bond acceptors (Lipinski definition) is 6. The molecule has 1 atom stereocenters. The maximum atomic E-state index is 12.9. The smallest absolute Gasteiger partial charge is 0.306 e. The van der Waals surface area contributed by atoms with E-state index in [2.05, 4.69) is 142 Å². The van der Waals surface area contributed by atoms with Gasteiger partial charge in [0.25, 0.3) is 0 Å². The van der Waals surface area contributed by atoms with Gasteiger partial charge in [0.2, 0.25) is 0 Å². The van der Waals surface area contributed by atoms with Crippen LogP contribution in [-0.2, 0) is 28.6 Å². The first kappa shape index (κ1) is 77.8. The quantitative estimate of drug-likeness (QED) is 0.0261. The summed E-state index contributed by atoms with van der Waals surface area (Å²) in [6.07, 6.45) is 97.0. The Balaban J connectivity index is 4.15. The molecule has 0 spiro atoms. The summed E-state index contributed by atoms with van der Waals surface area (Å²) in [5.41, 5.74) is 0. The summed E-state index contributed by atoms with van der Waals surface area (Å²) in [6, 6.07) is 0. The molecular formula is C76H128O6. The van der Waals surface area contributed by atoms with Crippen molar-refractivity contribution in [3.63, 3.8) is 0 Å². The van der Waals surface area contributed by atoms with Gasteiger partial charge in [0, 0.05) is 19.3 Å². The van der Waals surface area contributed by atoms with Crippen molar-refractivity contribution in [2.75, 3.05) is 13.2 Å². The van der Waals surface area contributed by atoms with E-state index in [4.69, 9.17) is 14.2 Å². The van der Waals surface area contributed by atoms with E-state index in [1.165, 1.54) is 173 Å². The van der Waals surface area contributed by atoms with Gasteiger partial charge in [-0.1, -0.05) is 316 Å². The Kier molecular flexibility index (Phi) is 65.8. The van der Waals surface area contributed by atoms with Crippen LogP contribution in [0.1, 0.15) is 323 Å². The van der Waals surface area contributed by atoms with E-state index in [-0.39, 0.29) is 37.5 Å². The molecule has 0 aliphatic heterocycles. The predicted molar refractivity (Wildman–Crippen MR) is 357 cm³/mol. The van der Waals surface area contributed by atoms with Gasteiger partial charge in [0.1, 0.15) is 13.2 Å². The van der Waals surface area contributed by atoms with Gasteiger partial charge in [-0.05, 0) is 109 Å². The van der Waals surface area contributed by atoms with Gasteiger partial charge in [0.15, 0.2) is 6.10 Å². The molecule has 6 nitrogen and oxygen atoms in total. The maximum Gasteiger partial charge on any atom is 0.306 e. The highest BCUT2D eigenvalue weighted by Crippen LogP contribution is 2.17. The Morgan fingerprint density at radius 3 is 0.805 bits per heavy atom. The highest BCUT2D eigenvalue weighted by Gasteiger charge is 2.19. The Morgan fingerprint density at radius 1 is 0.256 bits per heavy atom. The zero-order chi connectivity index (χ0) is 59.2. The molecule has 0 bridgehead atoms. The van der Waals surface area contributed by atoms with Gasteiger partial charge in [0.05, 0.1) is 0 Å². The molecule has 0 fully saturated rings. The van der Waals surface area contributed by atoms with Crippen molar-refractivity contribution in [3.8, 4) is 0 Å². The third-order valence-electron chi connectivity index (χ3n) is 14.7. The fraction of sp³-hybridized carbons (Fsp3) is 0.697. The van der Waals surface area contributed by atoms with E-state index in [9.17, 15) is 14.4 Å². The molecule has 0 saturated carbocycles. The fourth-order valence-electron chi connectivity index (χ4n) is 9.56. The number of carbonyl (C=O) groups excluding carboxylic acids is 3. The minimum Gasteiger partial charge on any atom is -0.462 e. The summed E-state index contributed by atoms with van der Waals surface area (Å²) in [7, 11) is 0. The van der Waals surface area contributed by atoms with E-state index >= 15 is 0 Å². The molecule has 0 heterocycles. The zero-order valence-electron chi connectivity index (χ0n) is 53.7. The van der Waals surface area contributed by atoms with Crippen LogP contribution in [0.15, 0.2) is 122 Å². The van der Waals surface area contributed by atoms with E-state index < -0.39 is 6.10 Å². The third kappa shape index (κ3) is 66.6. The number of allylic oxidation sites excluding steroid dienone is 20. The molecule has 6 heteroatoms. The van der Waals surface area contributed by atoms with Crippen molar-refractivity contribution in [3.05, 3.63) is 122 Å². The second kappa shape index (κ2) is 69.3. The van der Waals surface area contributed by atoms with Crippen molar-refractivity contribution in [2.45, 2.75) is 329 Å². The zero-order valence-corrected chi connectivity index (χ0v) is 53.7. The van der Waals surface area contributed by atoms with Crippen LogP contribution in [0.25, 0.3) is 0 Å². The van der Waals surface area contributed by atoms with Crippen LogP contribution in [0.3, 0.4) is 0 Å². The monoisotopic (exact) mass is 1140 g/mol. The van der Waals surface area contributed by atoms with Crippen LogP contribution in [0.5, 0.6) is 0 Å². The number of esters is 3. The molecule has 0 aromatic carbocycles. The highest BCUT2D eigenvalue weighted by molar-refractivity contribution is 5.71. The van der Waals surface area contributed by atoms with Crippen LogP contribution in [0.2, 0.25) is 0 Å². The summed E-state index contributed by atoms with van der Waals surface area (Å²) in [4.78, 5) is 38.1. The lowest BCUT2D eigenvalue weighted by atomic mass is 10.0. The van der Waals surface area contributed by atoms with Gasteiger partial charge < -0.3 is 14.2 Å². The molecule has 468 valence electrons. The summed E-state index contributed by atoms with van der Waals surface area (Å²) in [6.45, 7) is 6.44. The Labute approximate surface area is 507 Å². The van der Waals surface area contributed by atoms with Crippen LogP contribution >= 0.6 is 0 Å². The number of carbonyl (C=O) groups is 3. The van der Waals surface area contributed by atoms with Gasteiger partial charge >= 0.3 is 17.9 Å². The number of hydrogen-bond donors (Lipinski definition) is 0. The summed E-state index contributed by atoms with van der Waals surface area (Å²) < 4.78 is 16.8. The minimum atomic E-state index is -0.801. The molecule has 0 rings (SSSR count). The second-order valence-corrected chi connectivity index (χ2v) is 22.7. The molecule has 82 heavy (non-hydrogen) atoms. The third-order valence-corrected chi connectivity index (χ3v) is 14.7. The van der Waals surface area contributed by atoms with E-state index in [0.717, 1.165) is 103 Å². The molecule has 0 aliphatic rings. The second-order valence-electron chi connectivity index (χ2n) is 22.7. The normalized spacial score (nSPS) is 12.9. The average molecular weight is 1140 g/mol. The topological polar surface area (TPSA) is 78.9 Å². The first-order valence-electron chi connectivity index (χ1n) is 34.5. The summed E-state index contributed by atoms with van der Waals surface area (Å²) >= 11 is 0. The Hall–Kier alpha value is -4.19. The summed E-state index contributed by atoms with van der Waals surface area (Å²) in [5, 5.41) is 0. The average Bonchev–Trinajstić information content (AvgIpc) is 3.47. The molecule has 0 amide bonds. The van der Waals surface area contributed by atoms with E-state index in [1.54, 1.807) is 0 Å². The lowest BCUT2D eigenvalue weighted by molar-refractivity contribution is -0.167. The number of ether oxygens (including phenoxy) is 3. The SMILES string of the molecule is CC/C=C\C/C=C\C/C=C\C/C=C\C/C=C\C/C=C\C/C=C\C/C=C\C/C=C\CCCC(=O)OCC(COC(=O)CCCCCCCC)OC(=O)CCCCCCCCCCCCCCCCCCC/C=C\CCCCCCCCCC. The van der Waals surface area contributed by atoms with Crippen LogP contribution < -0.4 is 0 Å². The van der Waals surface area contributed by atoms with Crippen molar-refractivity contribution < 1.29 is 28.6 Å². The van der Waals surface area contributed by atoms with E-state index in [0.29, 0.717) is 19.3 Å². The molecule has 0 N–H and O–H groups in total. The molecular weight excluding hydrogens is 1010 g/mol. The standard InChI is InChI=1S/C76H128O6/c1-4-7-10-13-16-18-20-22-24-26-28-30-32-34-36-38-40-42-44-46-48-50-52-54-56-58-60-63-66-69-75(78)81-72-73(71-80-74(77)68-65-62-15-12-9-6-3)82-76(79)70-67-64-61-59-57-55-53-51-49-47-45-43-41-39-37-35-33-31-29-27-25-23-21-19-17-14-11-8-5-2/h7,10,16,18,22,24,27-30,34,36,40,42,46,48,52,54,58,60,73H,4-6,8-9,11-15,17,19-21,23,25-26,31-33,35,37-39,41,43-45,47,49-51,53,55-57,59,61-72H2,1-3H3/b10-7-,18-16-,24-22-,29-27-,30-28-,36-34-,42-40-,48-46-,54-52-,60-58-. The Morgan fingerprint density at radius 2 is 0.488 bits per heavy atom. The Bertz CT molecular complexity index is 1690. The minimum absolute atomic E-state index is 0.0961. The lowest BCUT2D eigenvalue weighted by Crippen LogP contribution is -2.30. The molecule has 0 saturated heterocycles. The van der Waals surface area contributed by atoms with Crippen LogP contribution in [0.4, 0.5) is 0 Å². The van der Waals surface area contributed by atoms with Gasteiger partial charge in [-0.3, -0.25) is 14.4 Å². The van der Waals surface area contributed by atoms with Crippen molar-refractivity contribution in [1.82, 2.24) is 0 Å². The van der Waals surface area contributed by atoms with Crippen molar-refractivity contribution in [2.24, 2.45) is 0 Å². The first-order chi connectivity index (χ1) is 40.5. The molecule has 1 unspecified atom stereocenters. The maximum absolute atomic E-state index is 12.9. The van der Waals surface area contributed by atoms with E-state index in [1.807, 2.05) is 0 Å². The fourth-order valence-corrected chi connectivity index (χ4v) is 9.56. The molecule has 0 aromatic rings. The molecule has 0 radical (unpaired) electrons. The molecule has 0 aliphatic carbocycles. The lowest BCUT2D eigenvalue weighted by Gasteiger charge is -2.18. The van der Waals surface area contributed by atoms with Crippen LogP contribution in [-0.4, -0.2) is 37.2 Å². The highest BCUT2D eigenvalue weighted by atomic mass is 16.6. The number of unbranched alkanes of at least 4 members (excludes halogenated alkanes) is 31. The predicted octanol–water partition coefficient (Wildman–Crippen LogP) is 23.9. The van der Waals surface area contributed by atoms with Gasteiger partial charge in [-0.2, -0.15) is 0 Å². The van der Waals surface area contributed by atoms with Crippen LogP contribution in [0, 0.1) is 0 Å². The van der Waals surface area contributed by atoms with Gasteiger partial charge in [-0.25, -0.2) is 0 Å². The van der Waals surface area contributed by atoms with Gasteiger partial charge in [-0.15, -0.1) is 0 Å².